The Morgan fingerprint density at radius 3 is 2.22 bits per heavy atom. The van der Waals surface area contributed by atoms with Crippen molar-refractivity contribution in [1.29, 1.82) is 0 Å². The van der Waals surface area contributed by atoms with E-state index in [-0.39, 0.29) is 17.6 Å². The smallest absolute Gasteiger partial charge is 0.227 e. The third kappa shape index (κ3) is 3.58. The summed E-state index contributed by atoms with van der Waals surface area (Å²) < 4.78 is 0. The zero-order valence-electron chi connectivity index (χ0n) is 5.77. The highest BCUT2D eigenvalue weighted by Crippen LogP contribution is 1.90. The highest BCUT2D eigenvalue weighted by Gasteiger charge is 2.04. The van der Waals surface area contributed by atoms with E-state index in [0.717, 1.165) is 0 Å². The van der Waals surface area contributed by atoms with Crippen LogP contribution in [0.5, 0.6) is 0 Å². The van der Waals surface area contributed by atoms with Crippen LogP contribution >= 0.6 is 0 Å². The largest absolute Gasteiger partial charge is 0.386 e. The average Bonchev–Trinajstić information content (AvgIpc) is 1.63. The fraction of sp³-hybridized carbons (Fsp3) is 0.500. The summed E-state index contributed by atoms with van der Waals surface area (Å²) >= 11 is 0. The molecule has 9 heavy (non-hydrogen) atoms. The van der Waals surface area contributed by atoms with Crippen LogP contribution in [0.25, 0.3) is 0 Å². The van der Waals surface area contributed by atoms with Crippen molar-refractivity contribution in [2.45, 2.75) is 13.8 Å². The topological polar surface area (TPSA) is 55.1 Å². The Hall–Kier alpha value is -0.990. The van der Waals surface area contributed by atoms with Crippen molar-refractivity contribution < 1.29 is 4.79 Å². The first-order valence-electron chi connectivity index (χ1n) is 2.79. The molecule has 0 saturated carbocycles. The summed E-state index contributed by atoms with van der Waals surface area (Å²) in [5.41, 5.74) is 5.10. The van der Waals surface area contributed by atoms with Crippen LogP contribution in [0.1, 0.15) is 13.8 Å². The number of amides is 1. The molecule has 1 amide bonds. The van der Waals surface area contributed by atoms with Gasteiger partial charge in [0.1, 0.15) is 0 Å². The Balaban J connectivity index is 3.64. The third-order valence-electron chi connectivity index (χ3n) is 0.808. The summed E-state index contributed by atoms with van der Waals surface area (Å²) in [6.07, 6.45) is 0. The summed E-state index contributed by atoms with van der Waals surface area (Å²) in [6.45, 7) is 6.90. The van der Waals surface area contributed by atoms with Gasteiger partial charge in [-0.3, -0.25) is 4.79 Å². The fourth-order valence-electron chi connectivity index (χ4n) is 0.303. The van der Waals surface area contributed by atoms with Gasteiger partial charge in [0.15, 0.2) is 0 Å². The molecule has 0 radical (unpaired) electrons. The van der Waals surface area contributed by atoms with Gasteiger partial charge in [-0.25, -0.2) is 0 Å². The molecule has 52 valence electrons. The lowest BCUT2D eigenvalue weighted by molar-refractivity contribution is -0.123. The lowest BCUT2D eigenvalue weighted by atomic mass is 10.2. The number of rotatable bonds is 2. The summed E-state index contributed by atoms with van der Waals surface area (Å²) in [5, 5.41) is 2.39. The molecule has 0 aliphatic rings. The van der Waals surface area contributed by atoms with E-state index in [4.69, 9.17) is 5.73 Å². The van der Waals surface area contributed by atoms with Crippen LogP contribution in [0.15, 0.2) is 12.4 Å². The number of carbonyl (C=O) groups is 1. The summed E-state index contributed by atoms with van der Waals surface area (Å²) in [5.74, 6) is 0.0708. The van der Waals surface area contributed by atoms with E-state index in [0.29, 0.717) is 0 Å². The Labute approximate surface area is 54.9 Å². The predicted molar refractivity (Wildman–Crippen MR) is 36.3 cm³/mol. The molecule has 0 fully saturated rings. The van der Waals surface area contributed by atoms with E-state index in [1.165, 1.54) is 0 Å². The van der Waals surface area contributed by atoms with Crippen molar-refractivity contribution in [3.63, 3.8) is 0 Å². The van der Waals surface area contributed by atoms with Gasteiger partial charge in [0, 0.05) is 5.92 Å². The van der Waals surface area contributed by atoms with Crippen LogP contribution < -0.4 is 11.1 Å². The molecule has 0 aromatic rings. The molecule has 0 aromatic carbocycles. The van der Waals surface area contributed by atoms with Crippen molar-refractivity contribution in [3.05, 3.63) is 12.4 Å². The maximum absolute atomic E-state index is 10.7. The predicted octanol–water partition coefficient (Wildman–Crippen LogP) is 0.188. The van der Waals surface area contributed by atoms with E-state index < -0.39 is 0 Å². The van der Waals surface area contributed by atoms with E-state index in [1.54, 1.807) is 13.8 Å². The van der Waals surface area contributed by atoms with Crippen LogP contribution in [-0.2, 0) is 4.79 Å². The average molecular weight is 128 g/mol. The van der Waals surface area contributed by atoms with Crippen LogP contribution in [0.4, 0.5) is 0 Å². The molecule has 0 rings (SSSR count). The molecule has 0 saturated heterocycles. The molecule has 0 aliphatic carbocycles. The molecular formula is C6H12N2O. The molecule has 0 bridgehead atoms. The van der Waals surface area contributed by atoms with Crippen molar-refractivity contribution in [1.82, 2.24) is 5.32 Å². The zero-order chi connectivity index (χ0) is 7.44. The normalized spacial score (nSPS) is 9.22. The maximum Gasteiger partial charge on any atom is 0.227 e. The standard InChI is InChI=1S/C6H12N2O/c1-4(2)6(9)8-5(3)7/h4H,3,7H2,1-2H3,(H,8,9). The SMILES string of the molecule is C=C(N)NC(=O)C(C)C. The van der Waals surface area contributed by atoms with Gasteiger partial charge in [-0.05, 0) is 0 Å². The molecule has 0 aliphatic heterocycles. The van der Waals surface area contributed by atoms with Crippen molar-refractivity contribution in [2.24, 2.45) is 11.7 Å². The second-order valence-electron chi connectivity index (χ2n) is 2.17. The fourth-order valence-corrected chi connectivity index (χ4v) is 0.303. The van der Waals surface area contributed by atoms with Crippen molar-refractivity contribution in [3.8, 4) is 0 Å². The van der Waals surface area contributed by atoms with Crippen molar-refractivity contribution >= 4 is 5.91 Å². The number of hydrogen-bond donors (Lipinski definition) is 2. The lowest BCUT2D eigenvalue weighted by Crippen LogP contribution is -2.29. The van der Waals surface area contributed by atoms with Crippen molar-refractivity contribution in [2.75, 3.05) is 0 Å². The zero-order valence-corrected chi connectivity index (χ0v) is 5.77. The van der Waals surface area contributed by atoms with E-state index in [9.17, 15) is 4.79 Å². The van der Waals surface area contributed by atoms with Crippen LogP contribution in [0.3, 0.4) is 0 Å². The van der Waals surface area contributed by atoms with Gasteiger partial charge < -0.3 is 11.1 Å². The van der Waals surface area contributed by atoms with Crippen LogP contribution in [0.2, 0.25) is 0 Å². The van der Waals surface area contributed by atoms with E-state index in [2.05, 4.69) is 11.9 Å². The molecule has 0 atom stereocenters. The first-order valence-corrected chi connectivity index (χ1v) is 2.79. The van der Waals surface area contributed by atoms with Gasteiger partial charge in [0.05, 0.1) is 5.82 Å². The second kappa shape index (κ2) is 3.12. The monoisotopic (exact) mass is 128 g/mol. The number of nitrogens with two attached hydrogens (primary N) is 1. The molecule has 0 unspecified atom stereocenters. The molecule has 3 N–H and O–H groups in total. The minimum atomic E-state index is -0.0949. The summed E-state index contributed by atoms with van der Waals surface area (Å²) in [7, 11) is 0. The number of carbonyl (C=O) groups excluding carboxylic acids is 1. The number of hydrogen-bond acceptors (Lipinski definition) is 2. The summed E-state index contributed by atoms with van der Waals surface area (Å²) in [6, 6.07) is 0. The molecule has 3 nitrogen and oxygen atoms in total. The van der Waals surface area contributed by atoms with Gasteiger partial charge in [-0.2, -0.15) is 0 Å². The quantitative estimate of drug-likeness (QED) is 0.557. The van der Waals surface area contributed by atoms with E-state index >= 15 is 0 Å². The minimum Gasteiger partial charge on any atom is -0.386 e. The first-order chi connectivity index (χ1) is 4.04. The maximum atomic E-state index is 10.7. The van der Waals surface area contributed by atoms with Crippen LogP contribution in [-0.4, -0.2) is 5.91 Å². The van der Waals surface area contributed by atoms with Gasteiger partial charge in [-0.15, -0.1) is 0 Å². The molecular weight excluding hydrogens is 116 g/mol. The van der Waals surface area contributed by atoms with Gasteiger partial charge in [0.25, 0.3) is 0 Å². The number of nitrogens with one attached hydrogen (secondary N) is 1. The Morgan fingerprint density at radius 1 is 1.67 bits per heavy atom. The Kier molecular flexibility index (Phi) is 2.78. The lowest BCUT2D eigenvalue weighted by Gasteiger charge is -2.04. The van der Waals surface area contributed by atoms with E-state index in [1.807, 2.05) is 0 Å². The van der Waals surface area contributed by atoms with Crippen LogP contribution in [0, 0.1) is 5.92 Å². The molecule has 0 aromatic heterocycles. The van der Waals surface area contributed by atoms with Gasteiger partial charge in [0.2, 0.25) is 5.91 Å². The summed E-state index contributed by atoms with van der Waals surface area (Å²) in [4.78, 5) is 10.7. The Bertz CT molecular complexity index is 129. The highest BCUT2D eigenvalue weighted by molar-refractivity contribution is 5.79. The Morgan fingerprint density at radius 2 is 2.11 bits per heavy atom. The molecule has 3 heteroatoms. The third-order valence-corrected chi connectivity index (χ3v) is 0.808. The highest BCUT2D eigenvalue weighted by atomic mass is 16.1. The molecule has 0 spiro atoms. The van der Waals surface area contributed by atoms with Gasteiger partial charge in [-0.1, -0.05) is 20.4 Å². The van der Waals surface area contributed by atoms with Gasteiger partial charge >= 0.3 is 0 Å². The first kappa shape index (κ1) is 8.01. The minimum absolute atomic E-state index is 0.0368. The molecule has 0 heterocycles. The second-order valence-corrected chi connectivity index (χ2v) is 2.17.